The molecule has 0 saturated carbocycles. The first-order valence-corrected chi connectivity index (χ1v) is 5.77. The topological polar surface area (TPSA) is 38.3 Å². The van der Waals surface area contributed by atoms with E-state index in [1.165, 1.54) is 7.11 Å². The summed E-state index contributed by atoms with van der Waals surface area (Å²) in [4.78, 5) is 11.4. The van der Waals surface area contributed by atoms with E-state index in [1.807, 2.05) is 0 Å². The van der Waals surface area contributed by atoms with Crippen molar-refractivity contribution in [2.45, 2.75) is 12.8 Å². The number of carbonyl (C=O) groups is 1. The van der Waals surface area contributed by atoms with Crippen LogP contribution in [0.4, 0.5) is 14.5 Å². The first kappa shape index (κ1) is 14.1. The smallest absolute Gasteiger partial charge is 0.224 e. The molecule has 0 atom stereocenters. The number of nitrogens with one attached hydrogen (secondary N) is 1. The second kappa shape index (κ2) is 6.66. The zero-order chi connectivity index (χ0) is 12.8. The molecule has 6 heteroatoms. The summed E-state index contributed by atoms with van der Waals surface area (Å²) in [5.41, 5.74) is -0.159. The van der Waals surface area contributed by atoms with Crippen LogP contribution < -0.4 is 5.32 Å². The number of carbonyl (C=O) groups excluding carboxylic acids is 1. The molecule has 1 N–H and O–H groups in total. The van der Waals surface area contributed by atoms with E-state index in [0.29, 0.717) is 13.0 Å². The van der Waals surface area contributed by atoms with Gasteiger partial charge in [0.2, 0.25) is 5.91 Å². The molecule has 0 aliphatic rings. The number of rotatable bonds is 5. The van der Waals surface area contributed by atoms with Gasteiger partial charge in [0.1, 0.15) is 11.6 Å². The van der Waals surface area contributed by atoms with Crippen LogP contribution in [-0.4, -0.2) is 19.6 Å². The molecular weight excluding hydrogens is 296 g/mol. The fraction of sp³-hybridized carbons (Fsp3) is 0.364. The molecule has 94 valence electrons. The lowest BCUT2D eigenvalue weighted by Gasteiger charge is -2.07. The highest BCUT2D eigenvalue weighted by atomic mass is 79.9. The molecule has 0 fully saturated rings. The van der Waals surface area contributed by atoms with Crippen molar-refractivity contribution in [3.8, 4) is 0 Å². The standard InChI is InChI=1S/C11H12BrF2NO2/c1-17-4-2-3-11(16)15-10-6-8(13)7(12)5-9(10)14/h5-6H,2-4H2,1H3,(H,15,16). The quantitative estimate of drug-likeness (QED) is 0.670. The molecule has 0 aromatic heterocycles. The van der Waals surface area contributed by atoms with Gasteiger partial charge >= 0.3 is 0 Å². The summed E-state index contributed by atoms with van der Waals surface area (Å²) >= 11 is 2.85. The molecule has 0 aliphatic heterocycles. The zero-order valence-corrected chi connectivity index (χ0v) is 10.8. The minimum atomic E-state index is -0.682. The summed E-state index contributed by atoms with van der Waals surface area (Å²) in [5.74, 6) is -1.68. The highest BCUT2D eigenvalue weighted by molar-refractivity contribution is 9.10. The summed E-state index contributed by atoms with van der Waals surface area (Å²) in [6, 6.07) is 1.91. The maximum Gasteiger partial charge on any atom is 0.224 e. The van der Waals surface area contributed by atoms with Crippen LogP contribution in [0.1, 0.15) is 12.8 Å². The van der Waals surface area contributed by atoms with Crippen LogP contribution in [0, 0.1) is 11.6 Å². The Balaban J connectivity index is 2.62. The van der Waals surface area contributed by atoms with Crippen LogP contribution in [0.2, 0.25) is 0 Å². The van der Waals surface area contributed by atoms with E-state index in [1.54, 1.807) is 0 Å². The van der Waals surface area contributed by atoms with Gasteiger partial charge in [-0.2, -0.15) is 0 Å². The monoisotopic (exact) mass is 307 g/mol. The van der Waals surface area contributed by atoms with E-state index in [2.05, 4.69) is 21.2 Å². The van der Waals surface area contributed by atoms with Gasteiger partial charge in [-0.05, 0) is 28.4 Å². The summed E-state index contributed by atoms with van der Waals surface area (Å²) in [6.45, 7) is 0.449. The van der Waals surface area contributed by atoms with E-state index in [4.69, 9.17) is 4.74 Å². The van der Waals surface area contributed by atoms with Crippen LogP contribution in [0.15, 0.2) is 16.6 Å². The van der Waals surface area contributed by atoms with Gasteiger partial charge in [-0.1, -0.05) is 0 Å². The second-order valence-corrected chi connectivity index (χ2v) is 4.25. The summed E-state index contributed by atoms with van der Waals surface area (Å²) in [6.07, 6.45) is 0.730. The average Bonchev–Trinajstić information content (AvgIpc) is 2.26. The average molecular weight is 308 g/mol. The van der Waals surface area contributed by atoms with Crippen molar-refractivity contribution in [2.24, 2.45) is 0 Å². The van der Waals surface area contributed by atoms with Gasteiger partial charge in [0.15, 0.2) is 0 Å². The van der Waals surface area contributed by atoms with Crippen LogP contribution in [-0.2, 0) is 9.53 Å². The maximum atomic E-state index is 13.3. The van der Waals surface area contributed by atoms with Crippen LogP contribution in [0.25, 0.3) is 0 Å². The first-order valence-electron chi connectivity index (χ1n) is 4.98. The second-order valence-electron chi connectivity index (χ2n) is 3.39. The molecule has 0 heterocycles. The minimum Gasteiger partial charge on any atom is -0.385 e. The van der Waals surface area contributed by atoms with Crippen molar-refractivity contribution in [3.05, 3.63) is 28.2 Å². The molecule has 0 bridgehead atoms. The number of anilines is 1. The van der Waals surface area contributed by atoms with Crippen molar-refractivity contribution >= 4 is 27.5 Å². The highest BCUT2D eigenvalue weighted by Gasteiger charge is 2.10. The van der Waals surface area contributed by atoms with Crippen molar-refractivity contribution in [2.75, 3.05) is 19.0 Å². The largest absolute Gasteiger partial charge is 0.385 e. The van der Waals surface area contributed by atoms with Gasteiger partial charge in [0, 0.05) is 26.2 Å². The molecule has 0 saturated heterocycles. The third-order valence-electron chi connectivity index (χ3n) is 2.04. The van der Waals surface area contributed by atoms with Crippen LogP contribution in [0.5, 0.6) is 0 Å². The fourth-order valence-electron chi connectivity index (χ4n) is 1.21. The van der Waals surface area contributed by atoms with Gasteiger partial charge in [0.05, 0.1) is 10.2 Å². The summed E-state index contributed by atoms with van der Waals surface area (Å²) < 4.78 is 31.3. The molecule has 0 aliphatic carbocycles. The zero-order valence-electron chi connectivity index (χ0n) is 9.23. The molecule has 1 aromatic carbocycles. The highest BCUT2D eigenvalue weighted by Crippen LogP contribution is 2.23. The van der Waals surface area contributed by atoms with Crippen LogP contribution in [0.3, 0.4) is 0 Å². The van der Waals surface area contributed by atoms with Crippen molar-refractivity contribution < 1.29 is 18.3 Å². The number of methoxy groups -OCH3 is 1. The molecule has 1 amide bonds. The first-order chi connectivity index (χ1) is 8.04. The lowest BCUT2D eigenvalue weighted by molar-refractivity contribution is -0.116. The van der Waals surface area contributed by atoms with Crippen molar-refractivity contribution in [1.82, 2.24) is 0 Å². The fourth-order valence-corrected chi connectivity index (χ4v) is 1.52. The van der Waals surface area contributed by atoms with Crippen molar-refractivity contribution in [3.63, 3.8) is 0 Å². The van der Waals surface area contributed by atoms with Gasteiger partial charge in [-0.15, -0.1) is 0 Å². The van der Waals surface area contributed by atoms with Gasteiger partial charge in [0.25, 0.3) is 0 Å². The van der Waals surface area contributed by atoms with E-state index in [-0.39, 0.29) is 22.5 Å². The summed E-state index contributed by atoms with van der Waals surface area (Å²) in [5, 5.41) is 2.31. The molecule has 0 unspecified atom stereocenters. The molecule has 17 heavy (non-hydrogen) atoms. The summed E-state index contributed by atoms with van der Waals surface area (Å²) in [7, 11) is 1.53. The Kier molecular flexibility index (Phi) is 5.50. The molecule has 0 spiro atoms. The number of ether oxygens (including phenoxy) is 1. The molecule has 1 aromatic rings. The predicted octanol–water partition coefficient (Wildman–Crippen LogP) is 3.09. The van der Waals surface area contributed by atoms with Gasteiger partial charge in [-0.25, -0.2) is 8.78 Å². The third-order valence-corrected chi connectivity index (χ3v) is 2.64. The Bertz CT molecular complexity index is 413. The van der Waals surface area contributed by atoms with Crippen LogP contribution >= 0.6 is 15.9 Å². The minimum absolute atomic E-state index is 0.0207. The number of amides is 1. The number of hydrogen-bond acceptors (Lipinski definition) is 2. The molecular formula is C11H12BrF2NO2. The molecule has 3 nitrogen and oxygen atoms in total. The molecule has 0 radical (unpaired) electrons. The Morgan fingerprint density at radius 2 is 2.12 bits per heavy atom. The number of benzene rings is 1. The van der Waals surface area contributed by atoms with E-state index >= 15 is 0 Å². The van der Waals surface area contributed by atoms with Gasteiger partial charge in [-0.3, -0.25) is 4.79 Å². The van der Waals surface area contributed by atoms with Crippen molar-refractivity contribution in [1.29, 1.82) is 0 Å². The van der Waals surface area contributed by atoms with Gasteiger partial charge < -0.3 is 10.1 Å². The normalized spacial score (nSPS) is 10.4. The van der Waals surface area contributed by atoms with E-state index < -0.39 is 11.6 Å². The Morgan fingerprint density at radius 3 is 2.76 bits per heavy atom. The Hall–Kier alpha value is -1.01. The Morgan fingerprint density at radius 1 is 1.41 bits per heavy atom. The lowest BCUT2D eigenvalue weighted by Crippen LogP contribution is -2.13. The Labute approximate surface area is 106 Å². The number of halogens is 3. The number of hydrogen-bond donors (Lipinski definition) is 1. The van der Waals surface area contributed by atoms with E-state index in [0.717, 1.165) is 12.1 Å². The van der Waals surface area contributed by atoms with E-state index in [9.17, 15) is 13.6 Å². The third kappa shape index (κ3) is 4.40. The molecule has 1 rings (SSSR count). The SMILES string of the molecule is COCCCC(=O)Nc1cc(F)c(Br)cc1F. The predicted molar refractivity (Wildman–Crippen MR) is 63.8 cm³/mol. The lowest BCUT2D eigenvalue weighted by atomic mass is 10.2. The maximum absolute atomic E-state index is 13.3.